The summed E-state index contributed by atoms with van der Waals surface area (Å²) in [6, 6.07) is 10.7. The van der Waals surface area contributed by atoms with Crippen LogP contribution in [0.3, 0.4) is 0 Å². The summed E-state index contributed by atoms with van der Waals surface area (Å²) >= 11 is 3.20. The number of ether oxygens (including phenoxy) is 1. The number of likely N-dealkylation sites (tertiary alicyclic amines) is 1. The number of rotatable bonds is 9. The van der Waals surface area contributed by atoms with Crippen LogP contribution in [0.1, 0.15) is 24.0 Å². The van der Waals surface area contributed by atoms with Crippen molar-refractivity contribution in [2.24, 2.45) is 0 Å². The van der Waals surface area contributed by atoms with E-state index < -0.39 is 46.0 Å². The van der Waals surface area contributed by atoms with E-state index in [1.807, 2.05) is 6.07 Å². The lowest BCUT2D eigenvalue weighted by Gasteiger charge is -2.38. The number of halogens is 4. The van der Waals surface area contributed by atoms with Crippen LogP contribution >= 0.6 is 15.9 Å². The van der Waals surface area contributed by atoms with E-state index in [-0.39, 0.29) is 28.9 Å². The van der Waals surface area contributed by atoms with Crippen molar-refractivity contribution in [3.63, 3.8) is 0 Å². The van der Waals surface area contributed by atoms with Gasteiger partial charge in [-0.1, -0.05) is 42.5 Å². The first-order valence-electron chi connectivity index (χ1n) is 11.6. The number of hydrogen-bond donors (Lipinski definition) is 1. The highest BCUT2D eigenvalue weighted by atomic mass is 79.9. The zero-order valence-electron chi connectivity index (χ0n) is 20.4. The zero-order valence-corrected chi connectivity index (χ0v) is 22.9. The van der Waals surface area contributed by atoms with Crippen LogP contribution in [-0.4, -0.2) is 57.2 Å². The molecular weight excluding hydrogens is 591 g/mol. The maximum absolute atomic E-state index is 13.8. The summed E-state index contributed by atoms with van der Waals surface area (Å²) in [6.07, 6.45) is -3.94. The molecule has 2 atom stereocenters. The molecule has 0 radical (unpaired) electrons. The lowest BCUT2D eigenvalue weighted by atomic mass is 10.0. The first-order chi connectivity index (χ1) is 17.9. The highest BCUT2D eigenvalue weighted by Gasteiger charge is 2.48. The Morgan fingerprint density at radius 1 is 1.24 bits per heavy atom. The number of alkyl halides is 3. The summed E-state index contributed by atoms with van der Waals surface area (Å²) in [6.45, 7) is 3.88. The van der Waals surface area contributed by atoms with Gasteiger partial charge in [0.25, 0.3) is 0 Å². The number of hydrogen-bond acceptors (Lipinski definition) is 5. The number of amides is 2. The fraction of sp³-hybridized carbons (Fsp3) is 0.360. The molecule has 13 heteroatoms. The van der Waals surface area contributed by atoms with Gasteiger partial charge in [0.1, 0.15) is 6.61 Å². The Kier molecular flexibility index (Phi) is 9.60. The van der Waals surface area contributed by atoms with E-state index >= 15 is 0 Å². The molecule has 1 heterocycles. The maximum Gasteiger partial charge on any atom is 0.471 e. The molecule has 206 valence electrons. The van der Waals surface area contributed by atoms with Crippen LogP contribution in [0.5, 0.6) is 0 Å². The predicted molar refractivity (Wildman–Crippen MR) is 140 cm³/mol. The van der Waals surface area contributed by atoms with Gasteiger partial charge in [0.15, 0.2) is 0 Å². The van der Waals surface area contributed by atoms with E-state index in [0.29, 0.717) is 17.7 Å². The minimum atomic E-state index is -5.23. The Morgan fingerprint density at radius 3 is 2.50 bits per heavy atom. The summed E-state index contributed by atoms with van der Waals surface area (Å²) in [7, 11) is -2.40. The first-order valence-corrected chi connectivity index (χ1v) is 14.0. The molecule has 1 saturated heterocycles. The molecule has 0 saturated carbocycles. The van der Waals surface area contributed by atoms with E-state index in [1.54, 1.807) is 24.3 Å². The summed E-state index contributed by atoms with van der Waals surface area (Å²) in [4.78, 5) is 27.5. The molecule has 2 amide bonds. The van der Waals surface area contributed by atoms with Gasteiger partial charge in [-0.2, -0.15) is 13.2 Å². The minimum absolute atomic E-state index is 0.0185. The van der Waals surface area contributed by atoms with Gasteiger partial charge in [-0.15, -0.1) is 6.58 Å². The number of carbonyl (C=O) groups is 2. The number of sulfonamides is 1. The lowest BCUT2D eigenvalue weighted by molar-refractivity contribution is -0.171. The monoisotopic (exact) mass is 617 g/mol. The molecular formula is C25H27BrF3N3O5S. The zero-order chi connectivity index (χ0) is 28.1. The lowest BCUT2D eigenvalue weighted by Crippen LogP contribution is -2.55. The van der Waals surface area contributed by atoms with E-state index in [0.717, 1.165) is 5.56 Å². The quantitative estimate of drug-likeness (QED) is 0.410. The van der Waals surface area contributed by atoms with Gasteiger partial charge >= 0.3 is 18.2 Å². The molecule has 38 heavy (non-hydrogen) atoms. The second kappa shape index (κ2) is 12.3. The van der Waals surface area contributed by atoms with Crippen molar-refractivity contribution in [1.82, 2.24) is 9.62 Å². The number of nitrogens with zero attached hydrogens (tertiary/aromatic N) is 2. The van der Waals surface area contributed by atoms with Gasteiger partial charge in [0.2, 0.25) is 10.0 Å². The Hall–Kier alpha value is -2.90. The summed E-state index contributed by atoms with van der Waals surface area (Å²) in [5, 5.41) is 0. The average molecular weight is 618 g/mol. The van der Waals surface area contributed by atoms with Gasteiger partial charge < -0.3 is 9.64 Å². The highest BCUT2D eigenvalue weighted by molar-refractivity contribution is 9.10. The molecule has 0 aliphatic carbocycles. The third-order valence-electron chi connectivity index (χ3n) is 6.07. The summed E-state index contributed by atoms with van der Waals surface area (Å²) < 4.78 is 72.8. The van der Waals surface area contributed by atoms with E-state index in [9.17, 15) is 31.2 Å². The highest BCUT2D eigenvalue weighted by Crippen LogP contribution is 2.36. The van der Waals surface area contributed by atoms with Crippen LogP contribution in [0, 0.1) is 0 Å². The van der Waals surface area contributed by atoms with Gasteiger partial charge in [-0.3, -0.25) is 9.69 Å². The van der Waals surface area contributed by atoms with E-state index in [2.05, 4.69) is 27.2 Å². The Bertz CT molecular complexity index is 1270. The third-order valence-corrected chi connectivity index (χ3v) is 8.04. The Balaban J connectivity index is 1.93. The molecule has 0 spiro atoms. The largest absolute Gasteiger partial charge is 0.471 e. The average Bonchev–Trinajstić information content (AvgIpc) is 3.35. The predicted octanol–water partition coefficient (Wildman–Crippen LogP) is 4.75. The van der Waals surface area contributed by atoms with Crippen molar-refractivity contribution >= 4 is 43.6 Å². The van der Waals surface area contributed by atoms with Crippen molar-refractivity contribution in [2.75, 3.05) is 18.5 Å². The number of benzene rings is 2. The van der Waals surface area contributed by atoms with Gasteiger partial charge in [0.05, 0.1) is 23.5 Å². The van der Waals surface area contributed by atoms with Crippen LogP contribution < -0.4 is 9.62 Å². The Morgan fingerprint density at radius 2 is 1.92 bits per heavy atom. The number of carbonyl (C=O) groups excluding carboxylic acids is 2. The fourth-order valence-electron chi connectivity index (χ4n) is 4.28. The van der Waals surface area contributed by atoms with Gasteiger partial charge in [0, 0.05) is 11.0 Å². The van der Waals surface area contributed by atoms with Crippen molar-refractivity contribution < 1.29 is 35.9 Å². The molecule has 1 aliphatic rings. The molecule has 2 aromatic carbocycles. The van der Waals surface area contributed by atoms with Crippen LogP contribution in [-0.2, 0) is 31.9 Å². The molecule has 1 fully saturated rings. The van der Waals surface area contributed by atoms with E-state index in [1.165, 1.54) is 36.2 Å². The van der Waals surface area contributed by atoms with Crippen LogP contribution in [0.25, 0.3) is 0 Å². The number of nitrogens with one attached hydrogen (secondary N) is 1. The minimum Gasteiger partial charge on any atom is -0.445 e. The smallest absolute Gasteiger partial charge is 0.445 e. The molecule has 1 unspecified atom stereocenters. The number of anilines is 1. The standard InChI is InChI=1S/C25H27BrF3N3O5S/c1-3-20(22-10-7-13-31(22)24(34)37-15-17-8-5-4-6-9-17)32(23(33)25(27,28)29)21-12-11-18(14-19(21)26)16-38(35,36)30-2/h3-6,8-9,11-12,14,20,22,30H,1,7,10,13,15-16H2,2H3/t20-,22?/m1/s1. The summed E-state index contributed by atoms with van der Waals surface area (Å²) in [5.74, 6) is -2.56. The van der Waals surface area contributed by atoms with Crippen LogP contribution in [0.15, 0.2) is 65.7 Å². The van der Waals surface area contributed by atoms with Crippen molar-refractivity contribution in [1.29, 1.82) is 0 Å². The van der Waals surface area contributed by atoms with E-state index in [4.69, 9.17) is 4.74 Å². The molecule has 1 aliphatic heterocycles. The van der Waals surface area contributed by atoms with Crippen molar-refractivity contribution in [2.45, 2.75) is 43.5 Å². The second-order valence-electron chi connectivity index (χ2n) is 8.59. The van der Waals surface area contributed by atoms with Gasteiger partial charge in [-0.25, -0.2) is 17.9 Å². The van der Waals surface area contributed by atoms with Crippen molar-refractivity contribution in [3.05, 3.63) is 76.8 Å². The molecule has 8 nitrogen and oxygen atoms in total. The van der Waals surface area contributed by atoms with Crippen LogP contribution in [0.4, 0.5) is 23.7 Å². The SMILES string of the molecule is C=C[C@H](C1CCCN1C(=O)OCc1ccccc1)N(C(=O)C(F)(F)F)c1ccc(CS(=O)(=O)NC)cc1Br. The molecule has 1 N–H and O–H groups in total. The maximum atomic E-state index is 13.8. The second-order valence-corrected chi connectivity index (χ2v) is 11.4. The summed E-state index contributed by atoms with van der Waals surface area (Å²) in [5.41, 5.74) is 0.888. The molecule has 0 bridgehead atoms. The van der Waals surface area contributed by atoms with Crippen molar-refractivity contribution in [3.8, 4) is 0 Å². The molecule has 2 aromatic rings. The Labute approximate surface area is 227 Å². The normalized spacial score (nSPS) is 16.7. The first kappa shape index (κ1) is 29.7. The van der Waals surface area contributed by atoms with Crippen LogP contribution in [0.2, 0.25) is 0 Å². The third kappa shape index (κ3) is 7.14. The van der Waals surface area contributed by atoms with Gasteiger partial charge in [-0.05, 0) is 59.1 Å². The molecule has 3 rings (SSSR count). The molecule has 0 aromatic heterocycles. The fourth-order valence-corrected chi connectivity index (χ4v) is 5.66. The topological polar surface area (TPSA) is 96.0 Å².